The second-order valence-electron chi connectivity index (χ2n) is 7.02. The van der Waals surface area contributed by atoms with Crippen molar-refractivity contribution in [3.05, 3.63) is 58.7 Å². The summed E-state index contributed by atoms with van der Waals surface area (Å²) in [4.78, 5) is 10.7. The number of hydrogen-bond acceptors (Lipinski definition) is 6. The molecule has 7 heteroatoms. The molecule has 0 aliphatic heterocycles. The maximum absolute atomic E-state index is 10.7. The van der Waals surface area contributed by atoms with Crippen molar-refractivity contribution in [3.63, 3.8) is 0 Å². The monoisotopic (exact) mass is 387 g/mol. The molecule has 0 amide bonds. The van der Waals surface area contributed by atoms with Crippen LogP contribution in [0.2, 0.25) is 0 Å². The average molecular weight is 387 g/mol. The number of aromatic hydroxyl groups is 1. The lowest BCUT2D eigenvalue weighted by atomic mass is 9.88. The van der Waals surface area contributed by atoms with Crippen molar-refractivity contribution in [2.75, 3.05) is 13.2 Å². The van der Waals surface area contributed by atoms with Crippen molar-refractivity contribution in [2.24, 2.45) is 0 Å². The van der Waals surface area contributed by atoms with Crippen LogP contribution < -0.4 is 10.1 Å². The Labute approximate surface area is 163 Å². The van der Waals surface area contributed by atoms with Gasteiger partial charge in [0.15, 0.2) is 6.61 Å². The highest BCUT2D eigenvalue weighted by molar-refractivity contribution is 5.68. The van der Waals surface area contributed by atoms with Crippen LogP contribution in [0.25, 0.3) is 0 Å². The number of nitrogens with one attached hydrogen (secondary N) is 1. The maximum atomic E-state index is 10.7. The first-order valence-corrected chi connectivity index (χ1v) is 9.26. The van der Waals surface area contributed by atoms with Crippen LogP contribution in [0.4, 0.5) is 0 Å². The standard InChI is InChI=1S/C21H25NO6/c23-11-16-7-14(3-6-19(16)24)20(25)10-22-17-4-1-13-2-5-18(9-15(13)8-17)28-12-21(26)27/h2-3,5-7,9,17,20,22-25H,1,4,8,10-12H2,(H,26,27)/t17-,20+/m0/s1. The highest BCUT2D eigenvalue weighted by Gasteiger charge is 2.20. The largest absolute Gasteiger partial charge is 0.508 e. The van der Waals surface area contributed by atoms with E-state index in [2.05, 4.69) is 5.32 Å². The first kappa shape index (κ1) is 20.1. The first-order chi connectivity index (χ1) is 13.5. The molecule has 7 nitrogen and oxygen atoms in total. The predicted octanol–water partition coefficient (Wildman–Crippen LogP) is 1.53. The molecule has 28 heavy (non-hydrogen) atoms. The van der Waals surface area contributed by atoms with E-state index in [4.69, 9.17) is 9.84 Å². The van der Waals surface area contributed by atoms with Crippen molar-refractivity contribution in [2.45, 2.75) is 38.0 Å². The Balaban J connectivity index is 1.58. The lowest BCUT2D eigenvalue weighted by Gasteiger charge is -2.27. The summed E-state index contributed by atoms with van der Waals surface area (Å²) in [6.07, 6.45) is 1.85. The zero-order valence-corrected chi connectivity index (χ0v) is 15.5. The van der Waals surface area contributed by atoms with Crippen LogP contribution in [0, 0.1) is 0 Å². The number of fused-ring (bicyclic) bond motifs is 1. The number of rotatable bonds is 8. The number of ether oxygens (including phenoxy) is 1. The molecule has 1 aliphatic carbocycles. The Hall–Kier alpha value is -2.61. The third-order valence-corrected chi connectivity index (χ3v) is 5.03. The summed E-state index contributed by atoms with van der Waals surface area (Å²) < 4.78 is 5.26. The van der Waals surface area contributed by atoms with Crippen LogP contribution in [-0.4, -0.2) is 45.6 Å². The molecule has 150 valence electrons. The molecule has 0 bridgehead atoms. The molecule has 0 aromatic heterocycles. The van der Waals surface area contributed by atoms with E-state index >= 15 is 0 Å². The molecule has 2 aromatic carbocycles. The quantitative estimate of drug-likeness (QED) is 0.466. The zero-order chi connectivity index (χ0) is 20.1. The van der Waals surface area contributed by atoms with E-state index in [1.165, 1.54) is 11.6 Å². The molecular weight excluding hydrogens is 362 g/mol. The van der Waals surface area contributed by atoms with Gasteiger partial charge in [0.2, 0.25) is 0 Å². The Morgan fingerprint density at radius 2 is 2.04 bits per heavy atom. The molecule has 0 saturated heterocycles. The van der Waals surface area contributed by atoms with E-state index in [1.54, 1.807) is 18.2 Å². The highest BCUT2D eigenvalue weighted by Crippen LogP contribution is 2.27. The predicted molar refractivity (Wildman–Crippen MR) is 102 cm³/mol. The van der Waals surface area contributed by atoms with Crippen LogP contribution in [0.5, 0.6) is 11.5 Å². The minimum Gasteiger partial charge on any atom is -0.508 e. The van der Waals surface area contributed by atoms with Crippen molar-refractivity contribution >= 4 is 5.97 Å². The van der Waals surface area contributed by atoms with Gasteiger partial charge in [-0.3, -0.25) is 0 Å². The van der Waals surface area contributed by atoms with E-state index in [0.29, 0.717) is 23.4 Å². The summed E-state index contributed by atoms with van der Waals surface area (Å²) in [5.41, 5.74) is 3.37. The molecule has 5 N–H and O–H groups in total. The van der Waals surface area contributed by atoms with Crippen molar-refractivity contribution in [1.82, 2.24) is 5.32 Å². The van der Waals surface area contributed by atoms with E-state index in [9.17, 15) is 20.1 Å². The van der Waals surface area contributed by atoms with Crippen LogP contribution in [0.1, 0.15) is 34.8 Å². The van der Waals surface area contributed by atoms with Crippen molar-refractivity contribution < 1.29 is 30.0 Å². The van der Waals surface area contributed by atoms with Gasteiger partial charge in [-0.2, -0.15) is 0 Å². The molecule has 0 unspecified atom stereocenters. The van der Waals surface area contributed by atoms with Gasteiger partial charge in [0.05, 0.1) is 12.7 Å². The van der Waals surface area contributed by atoms with Crippen LogP contribution in [-0.2, 0) is 24.2 Å². The molecule has 2 aromatic rings. The van der Waals surface area contributed by atoms with E-state index < -0.39 is 12.1 Å². The summed E-state index contributed by atoms with van der Waals surface area (Å²) >= 11 is 0. The van der Waals surface area contributed by atoms with Gasteiger partial charge in [-0.15, -0.1) is 0 Å². The number of aryl methyl sites for hydroxylation is 1. The fourth-order valence-electron chi connectivity index (χ4n) is 3.48. The molecular formula is C21H25NO6. The molecule has 3 rings (SSSR count). The molecule has 0 heterocycles. The van der Waals surface area contributed by atoms with E-state index in [0.717, 1.165) is 24.8 Å². The summed E-state index contributed by atoms with van der Waals surface area (Å²) in [5.74, 6) is -0.455. The first-order valence-electron chi connectivity index (χ1n) is 9.26. The average Bonchev–Trinajstić information content (AvgIpc) is 2.70. The second kappa shape index (κ2) is 9.05. The Kier molecular flexibility index (Phi) is 6.51. The van der Waals surface area contributed by atoms with E-state index in [1.807, 2.05) is 12.1 Å². The SMILES string of the molecule is O=C(O)COc1ccc2c(c1)C[C@@H](NC[C@@H](O)c1ccc(O)c(CO)c1)CC2. The van der Waals surface area contributed by atoms with Gasteiger partial charge in [0.1, 0.15) is 11.5 Å². The van der Waals surface area contributed by atoms with Crippen LogP contribution >= 0.6 is 0 Å². The van der Waals surface area contributed by atoms with Gasteiger partial charge >= 0.3 is 5.97 Å². The Morgan fingerprint density at radius 1 is 1.21 bits per heavy atom. The van der Waals surface area contributed by atoms with Crippen molar-refractivity contribution in [1.29, 1.82) is 0 Å². The van der Waals surface area contributed by atoms with Crippen molar-refractivity contribution in [3.8, 4) is 11.5 Å². The number of hydrogen-bond donors (Lipinski definition) is 5. The summed E-state index contributed by atoms with van der Waals surface area (Å²) in [6.45, 7) is -0.300. The Bertz CT molecular complexity index is 838. The molecule has 1 aliphatic rings. The number of aliphatic hydroxyl groups excluding tert-OH is 2. The normalized spacial score (nSPS) is 17.0. The highest BCUT2D eigenvalue weighted by atomic mass is 16.5. The fraction of sp³-hybridized carbons (Fsp3) is 0.381. The van der Waals surface area contributed by atoms with Crippen LogP contribution in [0.3, 0.4) is 0 Å². The molecule has 0 fully saturated rings. The summed E-state index contributed by atoms with van der Waals surface area (Å²) in [5, 5.41) is 41.4. The number of aliphatic carboxylic acids is 1. The number of carboxylic acid groups (broad SMARTS) is 1. The third kappa shape index (κ3) is 5.01. The topological polar surface area (TPSA) is 119 Å². The van der Waals surface area contributed by atoms with E-state index in [-0.39, 0.29) is 25.0 Å². The zero-order valence-electron chi connectivity index (χ0n) is 15.5. The van der Waals surface area contributed by atoms with Gasteiger partial charge in [0.25, 0.3) is 0 Å². The number of phenols is 1. The van der Waals surface area contributed by atoms with Gasteiger partial charge in [-0.05, 0) is 60.2 Å². The van der Waals surface area contributed by atoms with Gasteiger partial charge in [0, 0.05) is 18.2 Å². The second-order valence-corrected chi connectivity index (χ2v) is 7.02. The minimum atomic E-state index is -1.01. The molecule has 0 spiro atoms. The minimum absolute atomic E-state index is 0.0104. The maximum Gasteiger partial charge on any atom is 0.341 e. The summed E-state index contributed by atoms with van der Waals surface area (Å²) in [6, 6.07) is 10.6. The molecule has 2 atom stereocenters. The Morgan fingerprint density at radius 3 is 2.79 bits per heavy atom. The lowest BCUT2D eigenvalue weighted by Crippen LogP contribution is -2.37. The van der Waals surface area contributed by atoms with Crippen LogP contribution in [0.15, 0.2) is 36.4 Å². The summed E-state index contributed by atoms with van der Waals surface area (Å²) in [7, 11) is 0. The molecule has 0 saturated carbocycles. The number of aliphatic hydroxyl groups is 2. The van der Waals surface area contributed by atoms with Gasteiger partial charge in [-0.1, -0.05) is 12.1 Å². The number of benzene rings is 2. The van der Waals surface area contributed by atoms with Gasteiger partial charge < -0.3 is 30.5 Å². The number of carboxylic acids is 1. The fourth-order valence-corrected chi connectivity index (χ4v) is 3.48. The third-order valence-electron chi connectivity index (χ3n) is 5.03. The molecule has 0 radical (unpaired) electrons. The van der Waals surface area contributed by atoms with Gasteiger partial charge in [-0.25, -0.2) is 4.79 Å². The number of carbonyl (C=O) groups is 1. The smallest absolute Gasteiger partial charge is 0.341 e. The lowest BCUT2D eigenvalue weighted by molar-refractivity contribution is -0.139.